The second kappa shape index (κ2) is 4.96. The fraction of sp³-hybridized carbons (Fsp3) is 0.714. The van der Waals surface area contributed by atoms with E-state index in [0.29, 0.717) is 17.9 Å². The standard InChI is InChI=1S/C14H22N4O/c1-3-16(2)12-6-8-17(10-12)13-14(19)18(9-7-15-13)11-4-5-11/h7,9,11-12H,3-6,8,10H2,1-2H3. The molecule has 5 nitrogen and oxygen atoms in total. The van der Waals surface area contributed by atoms with Crippen molar-refractivity contribution in [2.75, 3.05) is 31.6 Å². The summed E-state index contributed by atoms with van der Waals surface area (Å²) in [5.41, 5.74) is 0.0878. The molecule has 0 radical (unpaired) electrons. The molecule has 1 aromatic rings. The molecule has 1 saturated carbocycles. The van der Waals surface area contributed by atoms with Crippen molar-refractivity contribution in [3.63, 3.8) is 0 Å². The van der Waals surface area contributed by atoms with E-state index in [1.807, 2.05) is 10.8 Å². The van der Waals surface area contributed by atoms with E-state index in [9.17, 15) is 4.79 Å². The minimum Gasteiger partial charge on any atom is -0.350 e. The Kier molecular flexibility index (Phi) is 3.31. The first-order chi connectivity index (χ1) is 9.20. The van der Waals surface area contributed by atoms with Crippen LogP contribution in [0.5, 0.6) is 0 Å². The number of rotatable bonds is 4. The van der Waals surface area contributed by atoms with Gasteiger partial charge in [-0.15, -0.1) is 0 Å². The maximum Gasteiger partial charge on any atom is 0.293 e. The van der Waals surface area contributed by atoms with Gasteiger partial charge < -0.3 is 14.4 Å². The molecule has 0 spiro atoms. The summed E-state index contributed by atoms with van der Waals surface area (Å²) in [4.78, 5) is 21.3. The number of anilines is 1. The average Bonchev–Trinajstić information content (AvgIpc) is 3.15. The molecule has 1 unspecified atom stereocenters. The van der Waals surface area contributed by atoms with Crippen LogP contribution in [0.4, 0.5) is 5.82 Å². The Morgan fingerprint density at radius 2 is 2.21 bits per heavy atom. The van der Waals surface area contributed by atoms with Gasteiger partial charge in [-0.05, 0) is 32.9 Å². The van der Waals surface area contributed by atoms with Crippen LogP contribution in [-0.2, 0) is 0 Å². The molecule has 5 heteroatoms. The summed E-state index contributed by atoms with van der Waals surface area (Å²) in [6.07, 6.45) is 6.97. The van der Waals surface area contributed by atoms with Gasteiger partial charge in [0.15, 0.2) is 5.82 Å². The third-order valence-corrected chi connectivity index (χ3v) is 4.38. The molecule has 1 saturated heterocycles. The summed E-state index contributed by atoms with van der Waals surface area (Å²) in [5, 5.41) is 0. The Morgan fingerprint density at radius 3 is 2.89 bits per heavy atom. The molecule has 19 heavy (non-hydrogen) atoms. The SMILES string of the molecule is CCN(C)C1CCN(c2nccn(C3CC3)c2=O)C1. The van der Waals surface area contributed by atoms with E-state index >= 15 is 0 Å². The lowest BCUT2D eigenvalue weighted by molar-refractivity contribution is 0.272. The molecular formula is C14H22N4O. The summed E-state index contributed by atoms with van der Waals surface area (Å²) in [5.74, 6) is 0.640. The van der Waals surface area contributed by atoms with Crippen LogP contribution in [0.2, 0.25) is 0 Å². The third-order valence-electron chi connectivity index (χ3n) is 4.38. The summed E-state index contributed by atoms with van der Waals surface area (Å²) in [6.45, 7) is 5.07. The highest BCUT2D eigenvalue weighted by molar-refractivity contribution is 5.38. The van der Waals surface area contributed by atoms with Crippen molar-refractivity contribution < 1.29 is 0 Å². The lowest BCUT2D eigenvalue weighted by Gasteiger charge is -2.23. The quantitative estimate of drug-likeness (QED) is 0.815. The highest BCUT2D eigenvalue weighted by Crippen LogP contribution is 2.33. The predicted octanol–water partition coefficient (Wildman–Crippen LogP) is 1.11. The van der Waals surface area contributed by atoms with Crippen LogP contribution in [0.1, 0.15) is 32.2 Å². The van der Waals surface area contributed by atoms with Crippen LogP contribution < -0.4 is 10.5 Å². The van der Waals surface area contributed by atoms with Gasteiger partial charge >= 0.3 is 0 Å². The van der Waals surface area contributed by atoms with Crippen LogP contribution in [-0.4, -0.2) is 47.2 Å². The fourth-order valence-electron chi connectivity index (χ4n) is 2.82. The molecule has 1 atom stereocenters. The summed E-state index contributed by atoms with van der Waals surface area (Å²) in [7, 11) is 2.15. The first-order valence-electron chi connectivity index (χ1n) is 7.23. The Balaban J connectivity index is 1.80. The Hall–Kier alpha value is -1.36. The maximum atomic E-state index is 12.4. The molecule has 0 N–H and O–H groups in total. The van der Waals surface area contributed by atoms with E-state index in [0.717, 1.165) is 38.9 Å². The third kappa shape index (κ3) is 2.39. The molecule has 0 bridgehead atoms. The monoisotopic (exact) mass is 262 g/mol. The highest BCUT2D eigenvalue weighted by atomic mass is 16.1. The van der Waals surface area contributed by atoms with Crippen LogP contribution in [0, 0.1) is 0 Å². The normalized spacial score (nSPS) is 23.3. The lowest BCUT2D eigenvalue weighted by Crippen LogP contribution is -2.36. The average molecular weight is 262 g/mol. The molecule has 0 amide bonds. The minimum absolute atomic E-state index is 0.0878. The van der Waals surface area contributed by atoms with Crippen LogP contribution in [0.25, 0.3) is 0 Å². The zero-order chi connectivity index (χ0) is 13.4. The van der Waals surface area contributed by atoms with Gasteiger partial charge in [0.05, 0.1) is 0 Å². The Bertz CT molecular complexity index is 508. The molecule has 2 heterocycles. The smallest absolute Gasteiger partial charge is 0.293 e. The van der Waals surface area contributed by atoms with Crippen molar-refractivity contribution in [3.8, 4) is 0 Å². The van der Waals surface area contributed by atoms with Gasteiger partial charge in [-0.1, -0.05) is 6.92 Å². The first-order valence-corrected chi connectivity index (χ1v) is 7.23. The number of aromatic nitrogens is 2. The first kappa shape index (κ1) is 12.7. The lowest BCUT2D eigenvalue weighted by atomic mass is 10.2. The number of nitrogens with zero attached hydrogens (tertiary/aromatic N) is 4. The second-order valence-electron chi connectivity index (χ2n) is 5.66. The second-order valence-corrected chi connectivity index (χ2v) is 5.66. The van der Waals surface area contributed by atoms with Crippen LogP contribution in [0.3, 0.4) is 0 Å². The zero-order valence-corrected chi connectivity index (χ0v) is 11.7. The number of hydrogen-bond donors (Lipinski definition) is 0. The zero-order valence-electron chi connectivity index (χ0n) is 11.7. The van der Waals surface area contributed by atoms with Gasteiger partial charge in [0.1, 0.15) is 0 Å². The predicted molar refractivity (Wildman–Crippen MR) is 75.7 cm³/mol. The van der Waals surface area contributed by atoms with Gasteiger partial charge in [0.25, 0.3) is 5.56 Å². The minimum atomic E-state index is 0.0878. The van der Waals surface area contributed by atoms with Crippen molar-refractivity contribution in [2.24, 2.45) is 0 Å². The summed E-state index contributed by atoms with van der Waals surface area (Å²) >= 11 is 0. The van der Waals surface area contributed by atoms with Gasteiger partial charge in [0.2, 0.25) is 0 Å². The van der Waals surface area contributed by atoms with Crippen molar-refractivity contribution in [1.82, 2.24) is 14.5 Å². The Labute approximate surface area is 113 Å². The number of likely N-dealkylation sites (N-methyl/N-ethyl adjacent to an activating group) is 1. The largest absolute Gasteiger partial charge is 0.350 e. The molecule has 2 fully saturated rings. The van der Waals surface area contributed by atoms with E-state index in [1.54, 1.807) is 6.20 Å². The molecule has 1 aliphatic carbocycles. The molecule has 3 rings (SSSR count). The molecule has 1 aliphatic heterocycles. The molecular weight excluding hydrogens is 240 g/mol. The van der Waals surface area contributed by atoms with E-state index in [-0.39, 0.29) is 5.56 Å². The van der Waals surface area contributed by atoms with Gasteiger partial charge in [-0.2, -0.15) is 0 Å². The maximum absolute atomic E-state index is 12.4. The van der Waals surface area contributed by atoms with Crippen molar-refractivity contribution in [1.29, 1.82) is 0 Å². The van der Waals surface area contributed by atoms with Crippen molar-refractivity contribution in [3.05, 3.63) is 22.7 Å². The van der Waals surface area contributed by atoms with Gasteiger partial charge in [-0.3, -0.25) is 4.79 Å². The van der Waals surface area contributed by atoms with E-state index in [1.165, 1.54) is 0 Å². The van der Waals surface area contributed by atoms with Gasteiger partial charge in [0, 0.05) is 37.6 Å². The van der Waals surface area contributed by atoms with Crippen molar-refractivity contribution in [2.45, 2.75) is 38.3 Å². The van der Waals surface area contributed by atoms with Crippen LogP contribution >= 0.6 is 0 Å². The van der Waals surface area contributed by atoms with Gasteiger partial charge in [-0.25, -0.2) is 4.98 Å². The molecule has 104 valence electrons. The molecule has 1 aromatic heterocycles. The van der Waals surface area contributed by atoms with Crippen molar-refractivity contribution >= 4 is 5.82 Å². The molecule has 2 aliphatic rings. The highest BCUT2D eigenvalue weighted by Gasteiger charge is 2.30. The van der Waals surface area contributed by atoms with E-state index in [2.05, 4.69) is 28.8 Å². The van der Waals surface area contributed by atoms with E-state index < -0.39 is 0 Å². The fourth-order valence-corrected chi connectivity index (χ4v) is 2.82. The molecule has 0 aromatic carbocycles. The van der Waals surface area contributed by atoms with E-state index in [4.69, 9.17) is 0 Å². The Morgan fingerprint density at radius 1 is 1.42 bits per heavy atom. The summed E-state index contributed by atoms with van der Waals surface area (Å²) in [6, 6.07) is 0.965. The summed E-state index contributed by atoms with van der Waals surface area (Å²) < 4.78 is 1.86. The number of hydrogen-bond acceptors (Lipinski definition) is 4. The topological polar surface area (TPSA) is 41.4 Å². The van der Waals surface area contributed by atoms with Crippen LogP contribution in [0.15, 0.2) is 17.2 Å².